The van der Waals surface area contributed by atoms with E-state index in [1.165, 1.54) is 0 Å². The van der Waals surface area contributed by atoms with Crippen LogP contribution in [-0.4, -0.2) is 36.4 Å². The van der Waals surface area contributed by atoms with E-state index in [1.807, 2.05) is 31.2 Å². The van der Waals surface area contributed by atoms with Crippen molar-refractivity contribution in [2.45, 2.75) is 32.2 Å². The quantitative estimate of drug-likeness (QED) is 0.927. The highest BCUT2D eigenvalue weighted by Crippen LogP contribution is 2.31. The minimum absolute atomic E-state index is 0.0222. The molecule has 22 heavy (non-hydrogen) atoms. The Labute approximate surface area is 130 Å². The molecule has 2 amide bonds. The highest BCUT2D eigenvalue weighted by Gasteiger charge is 2.34. The first kappa shape index (κ1) is 14.9. The van der Waals surface area contributed by atoms with E-state index in [0.717, 1.165) is 24.2 Å². The molecule has 0 spiro atoms. The zero-order valence-electron chi connectivity index (χ0n) is 12.9. The van der Waals surface area contributed by atoms with E-state index in [1.54, 1.807) is 4.90 Å². The van der Waals surface area contributed by atoms with Gasteiger partial charge < -0.3 is 15.0 Å². The number of nitrogens with one attached hydrogen (secondary N) is 1. The second-order valence-electron chi connectivity index (χ2n) is 5.92. The van der Waals surface area contributed by atoms with Crippen LogP contribution in [0.15, 0.2) is 24.3 Å². The van der Waals surface area contributed by atoms with Crippen LogP contribution >= 0.6 is 0 Å². The van der Waals surface area contributed by atoms with Crippen molar-refractivity contribution in [3.63, 3.8) is 0 Å². The van der Waals surface area contributed by atoms with Crippen LogP contribution in [-0.2, 0) is 9.59 Å². The van der Waals surface area contributed by atoms with Crippen LogP contribution in [0.4, 0.5) is 0 Å². The summed E-state index contributed by atoms with van der Waals surface area (Å²) in [7, 11) is 0. The van der Waals surface area contributed by atoms with Gasteiger partial charge in [-0.3, -0.25) is 9.59 Å². The summed E-state index contributed by atoms with van der Waals surface area (Å²) in [5.74, 6) is 0.671. The number of carbonyl (C=O) groups is 2. The number of rotatable bonds is 3. The minimum atomic E-state index is -0.233. The first-order chi connectivity index (χ1) is 10.7. The first-order valence-corrected chi connectivity index (χ1v) is 7.99. The fraction of sp³-hybridized carbons (Fsp3) is 0.529. The topological polar surface area (TPSA) is 58.6 Å². The van der Waals surface area contributed by atoms with Gasteiger partial charge in [0.25, 0.3) is 0 Å². The molecule has 2 aliphatic rings. The lowest BCUT2D eigenvalue weighted by atomic mass is 10.0. The number of ether oxygens (including phenoxy) is 1. The van der Waals surface area contributed by atoms with Gasteiger partial charge in [-0.1, -0.05) is 18.2 Å². The van der Waals surface area contributed by atoms with Crippen LogP contribution in [0, 0.1) is 5.92 Å². The highest BCUT2D eigenvalue weighted by atomic mass is 16.5. The molecule has 0 bridgehead atoms. The van der Waals surface area contributed by atoms with Gasteiger partial charge in [-0.2, -0.15) is 0 Å². The lowest BCUT2D eigenvalue weighted by molar-refractivity contribution is -0.129. The van der Waals surface area contributed by atoms with Gasteiger partial charge in [0, 0.05) is 25.1 Å². The SMILES string of the molecule is CCN1C[C@@H](C(=O)N[C@@H]2CCCOc3ccccc32)CC1=O. The Balaban J connectivity index is 1.70. The molecule has 2 atom stereocenters. The van der Waals surface area contributed by atoms with Gasteiger partial charge in [0.2, 0.25) is 11.8 Å². The second kappa shape index (κ2) is 6.38. The van der Waals surface area contributed by atoms with E-state index in [4.69, 9.17) is 4.74 Å². The van der Waals surface area contributed by atoms with E-state index >= 15 is 0 Å². The number of para-hydroxylation sites is 1. The van der Waals surface area contributed by atoms with E-state index in [2.05, 4.69) is 5.32 Å². The standard InChI is InChI=1S/C17H22N2O3/c1-2-19-11-12(10-16(19)20)17(21)18-14-7-5-9-22-15-8-4-3-6-13(14)15/h3-4,6,8,12,14H,2,5,7,9-11H2,1H3,(H,18,21)/t12-,14+/m0/s1. The summed E-state index contributed by atoms with van der Waals surface area (Å²) in [6.07, 6.45) is 2.09. The Morgan fingerprint density at radius 1 is 1.41 bits per heavy atom. The Hall–Kier alpha value is -2.04. The molecule has 0 radical (unpaired) electrons. The largest absolute Gasteiger partial charge is 0.493 e. The van der Waals surface area contributed by atoms with Gasteiger partial charge in [-0.25, -0.2) is 0 Å². The van der Waals surface area contributed by atoms with Crippen molar-refractivity contribution in [2.75, 3.05) is 19.7 Å². The maximum absolute atomic E-state index is 12.5. The maximum Gasteiger partial charge on any atom is 0.225 e. The predicted octanol–water partition coefficient (Wildman–Crippen LogP) is 1.88. The molecule has 5 heteroatoms. The van der Waals surface area contributed by atoms with Crippen LogP contribution < -0.4 is 10.1 Å². The summed E-state index contributed by atoms with van der Waals surface area (Å²) in [5, 5.41) is 3.12. The minimum Gasteiger partial charge on any atom is -0.493 e. The van der Waals surface area contributed by atoms with Gasteiger partial charge in [0.15, 0.2) is 0 Å². The van der Waals surface area contributed by atoms with Crippen LogP contribution in [0.3, 0.4) is 0 Å². The molecule has 2 heterocycles. The third kappa shape index (κ3) is 2.93. The van der Waals surface area contributed by atoms with E-state index in [0.29, 0.717) is 26.1 Å². The molecular formula is C17H22N2O3. The number of hydrogen-bond donors (Lipinski definition) is 1. The molecule has 0 unspecified atom stereocenters. The lowest BCUT2D eigenvalue weighted by Gasteiger charge is -2.20. The van der Waals surface area contributed by atoms with Crippen LogP contribution in [0.25, 0.3) is 0 Å². The van der Waals surface area contributed by atoms with Crippen LogP contribution in [0.2, 0.25) is 0 Å². The number of carbonyl (C=O) groups excluding carboxylic acids is 2. The molecule has 3 rings (SSSR count). The highest BCUT2D eigenvalue weighted by molar-refractivity contribution is 5.89. The maximum atomic E-state index is 12.5. The molecule has 1 saturated heterocycles. The second-order valence-corrected chi connectivity index (χ2v) is 5.92. The summed E-state index contributed by atoms with van der Waals surface area (Å²) >= 11 is 0. The monoisotopic (exact) mass is 302 g/mol. The molecule has 1 aromatic carbocycles. The summed E-state index contributed by atoms with van der Waals surface area (Å²) < 4.78 is 5.72. The van der Waals surface area contributed by atoms with Crippen molar-refractivity contribution < 1.29 is 14.3 Å². The molecule has 1 aromatic rings. The van der Waals surface area contributed by atoms with Crippen molar-refractivity contribution in [2.24, 2.45) is 5.92 Å². The smallest absolute Gasteiger partial charge is 0.225 e. The Kier molecular flexibility index (Phi) is 4.32. The van der Waals surface area contributed by atoms with Gasteiger partial charge in [-0.15, -0.1) is 0 Å². The molecule has 1 N–H and O–H groups in total. The zero-order valence-corrected chi connectivity index (χ0v) is 12.9. The van der Waals surface area contributed by atoms with E-state index < -0.39 is 0 Å². The average Bonchev–Trinajstić information content (AvgIpc) is 2.79. The van der Waals surface area contributed by atoms with E-state index in [9.17, 15) is 9.59 Å². The van der Waals surface area contributed by atoms with Crippen LogP contribution in [0.1, 0.15) is 37.8 Å². The fourth-order valence-corrected chi connectivity index (χ4v) is 3.22. The molecule has 5 nitrogen and oxygen atoms in total. The average molecular weight is 302 g/mol. The molecule has 0 aromatic heterocycles. The molecular weight excluding hydrogens is 280 g/mol. The first-order valence-electron chi connectivity index (χ1n) is 7.99. The van der Waals surface area contributed by atoms with Crippen molar-refractivity contribution in [1.29, 1.82) is 0 Å². The van der Waals surface area contributed by atoms with Crippen molar-refractivity contribution in [3.05, 3.63) is 29.8 Å². The Morgan fingerprint density at radius 2 is 2.23 bits per heavy atom. The van der Waals surface area contributed by atoms with E-state index in [-0.39, 0.29) is 23.8 Å². The fourth-order valence-electron chi connectivity index (χ4n) is 3.22. The van der Waals surface area contributed by atoms with Gasteiger partial charge in [0.05, 0.1) is 18.6 Å². The molecule has 1 fully saturated rings. The summed E-state index contributed by atoms with van der Waals surface area (Å²) in [4.78, 5) is 26.0. The number of benzene rings is 1. The van der Waals surface area contributed by atoms with Crippen molar-refractivity contribution in [1.82, 2.24) is 10.2 Å². The summed E-state index contributed by atoms with van der Waals surface area (Å²) in [6, 6.07) is 7.82. The Morgan fingerprint density at radius 3 is 3.00 bits per heavy atom. The van der Waals surface area contributed by atoms with Gasteiger partial charge in [-0.05, 0) is 25.8 Å². The number of fused-ring (bicyclic) bond motifs is 1. The predicted molar refractivity (Wildman–Crippen MR) is 82.4 cm³/mol. The molecule has 2 aliphatic heterocycles. The number of amides is 2. The molecule has 118 valence electrons. The zero-order chi connectivity index (χ0) is 15.5. The van der Waals surface area contributed by atoms with Crippen molar-refractivity contribution >= 4 is 11.8 Å². The number of hydrogen-bond acceptors (Lipinski definition) is 3. The van der Waals surface area contributed by atoms with Crippen LogP contribution in [0.5, 0.6) is 5.75 Å². The van der Waals surface area contributed by atoms with Gasteiger partial charge in [0.1, 0.15) is 5.75 Å². The number of nitrogens with zero attached hydrogens (tertiary/aromatic N) is 1. The third-order valence-electron chi connectivity index (χ3n) is 4.47. The summed E-state index contributed by atoms with van der Waals surface area (Å²) in [6.45, 7) is 3.82. The summed E-state index contributed by atoms with van der Waals surface area (Å²) in [5.41, 5.74) is 1.03. The third-order valence-corrected chi connectivity index (χ3v) is 4.47. The molecule has 0 aliphatic carbocycles. The molecule has 0 saturated carbocycles. The normalized spacial score (nSPS) is 24.4. The Bertz CT molecular complexity index is 573. The van der Waals surface area contributed by atoms with Gasteiger partial charge >= 0.3 is 0 Å². The lowest BCUT2D eigenvalue weighted by Crippen LogP contribution is -2.35. The van der Waals surface area contributed by atoms with Crippen molar-refractivity contribution in [3.8, 4) is 5.75 Å². The number of likely N-dealkylation sites (tertiary alicyclic amines) is 1.